The molecule has 0 radical (unpaired) electrons. The topological polar surface area (TPSA) is 59.8 Å². The van der Waals surface area contributed by atoms with Crippen molar-refractivity contribution in [3.8, 4) is 0 Å². The molecule has 1 amide bonds. The van der Waals surface area contributed by atoms with Gasteiger partial charge in [-0.2, -0.15) is 0 Å². The molecule has 18 heavy (non-hydrogen) atoms. The summed E-state index contributed by atoms with van der Waals surface area (Å²) in [4.78, 5) is 25.0. The number of carbonyl (C=O) groups is 2. The van der Waals surface area contributed by atoms with Gasteiger partial charge in [-0.1, -0.05) is 0 Å². The third kappa shape index (κ3) is 3.61. The molecule has 0 fully saturated rings. The summed E-state index contributed by atoms with van der Waals surface area (Å²) >= 11 is 0. The van der Waals surface area contributed by atoms with E-state index < -0.39 is 5.97 Å². The van der Waals surface area contributed by atoms with Crippen molar-refractivity contribution in [1.29, 1.82) is 0 Å². The maximum Gasteiger partial charge on any atom is 0.325 e. The van der Waals surface area contributed by atoms with E-state index >= 15 is 0 Å². The SMILES string of the molecule is CCOC(=O)CN(C(=O)c1ccc(C)o1)C(C)C. The van der Waals surface area contributed by atoms with E-state index in [1.54, 1.807) is 26.0 Å². The molecule has 100 valence electrons. The predicted octanol–water partition coefficient (Wildman–Crippen LogP) is 2.00. The Labute approximate surface area is 107 Å². The molecule has 5 nitrogen and oxygen atoms in total. The summed E-state index contributed by atoms with van der Waals surface area (Å²) in [6, 6.07) is 3.22. The molecular weight excluding hydrogens is 234 g/mol. The number of furan rings is 1. The van der Waals surface area contributed by atoms with E-state index in [1.807, 2.05) is 13.8 Å². The Bertz CT molecular complexity index is 422. The van der Waals surface area contributed by atoms with Gasteiger partial charge >= 0.3 is 5.97 Å². The summed E-state index contributed by atoms with van der Waals surface area (Å²) in [5, 5.41) is 0. The third-order valence-electron chi connectivity index (χ3n) is 2.44. The molecule has 0 N–H and O–H groups in total. The summed E-state index contributed by atoms with van der Waals surface area (Å²) in [5.74, 6) is 0.192. The van der Waals surface area contributed by atoms with Crippen molar-refractivity contribution in [2.45, 2.75) is 33.7 Å². The highest BCUT2D eigenvalue weighted by molar-refractivity contribution is 5.93. The fourth-order valence-electron chi connectivity index (χ4n) is 1.53. The standard InChI is InChI=1S/C13H19NO4/c1-5-17-12(15)8-14(9(2)3)13(16)11-7-6-10(4)18-11/h6-7,9H,5,8H2,1-4H3. The lowest BCUT2D eigenvalue weighted by Crippen LogP contribution is -2.41. The van der Waals surface area contributed by atoms with Crippen LogP contribution in [0.25, 0.3) is 0 Å². The zero-order valence-electron chi connectivity index (χ0n) is 11.2. The lowest BCUT2D eigenvalue weighted by Gasteiger charge is -2.24. The molecular formula is C13H19NO4. The van der Waals surface area contributed by atoms with Gasteiger partial charge in [-0.15, -0.1) is 0 Å². The minimum atomic E-state index is -0.414. The van der Waals surface area contributed by atoms with Crippen LogP contribution in [-0.4, -0.2) is 36.0 Å². The van der Waals surface area contributed by atoms with E-state index in [2.05, 4.69) is 0 Å². The number of amides is 1. The van der Waals surface area contributed by atoms with Crippen LogP contribution < -0.4 is 0 Å². The first-order valence-electron chi connectivity index (χ1n) is 5.98. The van der Waals surface area contributed by atoms with Gasteiger partial charge < -0.3 is 14.1 Å². The first-order chi connectivity index (χ1) is 8.45. The fraction of sp³-hybridized carbons (Fsp3) is 0.538. The molecule has 0 aliphatic heterocycles. The molecule has 0 aliphatic rings. The van der Waals surface area contributed by atoms with Crippen LogP contribution in [0.2, 0.25) is 0 Å². The molecule has 1 heterocycles. The van der Waals surface area contributed by atoms with E-state index in [1.165, 1.54) is 4.90 Å². The van der Waals surface area contributed by atoms with Crippen molar-refractivity contribution >= 4 is 11.9 Å². The lowest BCUT2D eigenvalue weighted by atomic mass is 10.2. The van der Waals surface area contributed by atoms with Gasteiger partial charge in [0.25, 0.3) is 5.91 Å². The first kappa shape index (κ1) is 14.3. The van der Waals surface area contributed by atoms with Crippen LogP contribution in [0.1, 0.15) is 37.1 Å². The van der Waals surface area contributed by atoms with E-state index in [4.69, 9.17) is 9.15 Å². The molecule has 1 rings (SSSR count). The van der Waals surface area contributed by atoms with Crippen molar-refractivity contribution in [1.82, 2.24) is 4.90 Å². The maximum absolute atomic E-state index is 12.2. The second kappa shape index (κ2) is 6.23. The van der Waals surface area contributed by atoms with Crippen LogP contribution >= 0.6 is 0 Å². The number of rotatable bonds is 5. The van der Waals surface area contributed by atoms with Gasteiger partial charge in [-0.05, 0) is 39.8 Å². The molecule has 0 aliphatic carbocycles. The normalized spacial score (nSPS) is 10.5. The summed E-state index contributed by atoms with van der Waals surface area (Å²) in [5.41, 5.74) is 0. The Balaban J connectivity index is 2.79. The fourth-order valence-corrected chi connectivity index (χ4v) is 1.53. The molecule has 0 atom stereocenters. The zero-order valence-corrected chi connectivity index (χ0v) is 11.2. The molecule has 0 spiro atoms. The molecule has 0 bridgehead atoms. The Morgan fingerprint density at radius 2 is 2.06 bits per heavy atom. The average Bonchev–Trinajstić information content (AvgIpc) is 2.72. The van der Waals surface area contributed by atoms with Crippen molar-refractivity contribution < 1.29 is 18.7 Å². The number of esters is 1. The molecule has 1 aromatic heterocycles. The maximum atomic E-state index is 12.2. The summed E-state index contributed by atoms with van der Waals surface area (Å²) in [6.07, 6.45) is 0. The van der Waals surface area contributed by atoms with Gasteiger partial charge in [-0.25, -0.2) is 0 Å². The Hall–Kier alpha value is -1.78. The van der Waals surface area contributed by atoms with E-state index in [0.717, 1.165) is 0 Å². The van der Waals surface area contributed by atoms with Gasteiger partial charge in [0.15, 0.2) is 5.76 Å². The van der Waals surface area contributed by atoms with Crippen LogP contribution in [0.5, 0.6) is 0 Å². The average molecular weight is 253 g/mol. The smallest absolute Gasteiger partial charge is 0.325 e. The minimum Gasteiger partial charge on any atom is -0.465 e. The zero-order chi connectivity index (χ0) is 13.7. The number of ether oxygens (including phenoxy) is 1. The minimum absolute atomic E-state index is 0.0654. The van der Waals surface area contributed by atoms with Crippen LogP contribution in [0.15, 0.2) is 16.5 Å². The monoisotopic (exact) mass is 253 g/mol. The second-order valence-corrected chi connectivity index (χ2v) is 4.24. The highest BCUT2D eigenvalue weighted by Crippen LogP contribution is 2.12. The summed E-state index contributed by atoms with van der Waals surface area (Å²) in [7, 11) is 0. The number of hydrogen-bond donors (Lipinski definition) is 0. The van der Waals surface area contributed by atoms with Crippen molar-refractivity contribution in [2.24, 2.45) is 0 Å². The second-order valence-electron chi connectivity index (χ2n) is 4.24. The number of hydrogen-bond acceptors (Lipinski definition) is 4. The van der Waals surface area contributed by atoms with Crippen LogP contribution in [0.3, 0.4) is 0 Å². The van der Waals surface area contributed by atoms with Gasteiger partial charge in [0, 0.05) is 6.04 Å². The van der Waals surface area contributed by atoms with E-state index in [0.29, 0.717) is 12.4 Å². The van der Waals surface area contributed by atoms with Crippen molar-refractivity contribution in [3.05, 3.63) is 23.7 Å². The summed E-state index contributed by atoms with van der Waals surface area (Å²) < 4.78 is 10.1. The van der Waals surface area contributed by atoms with Crippen molar-refractivity contribution in [2.75, 3.05) is 13.2 Å². The van der Waals surface area contributed by atoms with Crippen LogP contribution in [0.4, 0.5) is 0 Å². The molecule has 0 saturated heterocycles. The van der Waals surface area contributed by atoms with Crippen LogP contribution in [-0.2, 0) is 9.53 Å². The number of carbonyl (C=O) groups excluding carboxylic acids is 2. The molecule has 0 aromatic carbocycles. The van der Waals surface area contributed by atoms with Crippen molar-refractivity contribution in [3.63, 3.8) is 0 Å². The summed E-state index contributed by atoms with van der Waals surface area (Å²) in [6.45, 7) is 7.42. The molecule has 1 aromatic rings. The van der Waals surface area contributed by atoms with Gasteiger partial charge in [0.2, 0.25) is 0 Å². The molecule has 0 unspecified atom stereocenters. The highest BCUT2D eigenvalue weighted by Gasteiger charge is 2.24. The third-order valence-corrected chi connectivity index (χ3v) is 2.44. The van der Waals surface area contributed by atoms with Gasteiger partial charge in [-0.3, -0.25) is 9.59 Å². The van der Waals surface area contributed by atoms with Gasteiger partial charge in [0.1, 0.15) is 12.3 Å². The highest BCUT2D eigenvalue weighted by atomic mass is 16.5. The quantitative estimate of drug-likeness (QED) is 0.753. The predicted molar refractivity (Wildman–Crippen MR) is 66.3 cm³/mol. The molecule has 5 heteroatoms. The van der Waals surface area contributed by atoms with E-state index in [9.17, 15) is 9.59 Å². The largest absolute Gasteiger partial charge is 0.465 e. The Morgan fingerprint density at radius 3 is 2.50 bits per heavy atom. The number of nitrogens with zero attached hydrogens (tertiary/aromatic N) is 1. The van der Waals surface area contributed by atoms with Crippen LogP contribution in [0, 0.1) is 6.92 Å². The van der Waals surface area contributed by atoms with E-state index in [-0.39, 0.29) is 24.3 Å². The Kier molecular flexibility index (Phi) is 4.95. The Morgan fingerprint density at radius 1 is 1.39 bits per heavy atom. The lowest BCUT2D eigenvalue weighted by molar-refractivity contribution is -0.144. The molecule has 0 saturated carbocycles. The number of aryl methyl sites for hydroxylation is 1. The first-order valence-corrected chi connectivity index (χ1v) is 5.98. The van der Waals surface area contributed by atoms with Gasteiger partial charge in [0.05, 0.1) is 6.61 Å².